The second-order valence-corrected chi connectivity index (χ2v) is 9.43. The maximum absolute atomic E-state index is 4.05. The maximum Gasteiger partial charge on any atom is 0.0263 e. The number of halogens is 1. The average Bonchev–Trinajstić information content (AvgIpc) is 2.58. The Labute approximate surface area is 109 Å². The Morgan fingerprint density at radius 2 is 1.69 bits per heavy atom. The summed E-state index contributed by atoms with van der Waals surface area (Å²) in [4.78, 5) is 0. The van der Waals surface area contributed by atoms with E-state index in [1.54, 1.807) is 0 Å². The Morgan fingerprint density at radius 1 is 1.00 bits per heavy atom. The van der Waals surface area contributed by atoms with Gasteiger partial charge in [0.05, 0.1) is 0 Å². The van der Waals surface area contributed by atoms with Gasteiger partial charge in [-0.15, -0.1) is 0 Å². The third-order valence-corrected chi connectivity index (χ3v) is 7.70. The molecule has 0 amide bonds. The molecule has 0 unspecified atom stereocenters. The van der Waals surface area contributed by atoms with Gasteiger partial charge in [0, 0.05) is 4.32 Å². The van der Waals surface area contributed by atoms with Gasteiger partial charge in [0.25, 0.3) is 0 Å². The number of alkyl halides is 1. The first-order valence-corrected chi connectivity index (χ1v) is 7.79. The lowest BCUT2D eigenvalue weighted by molar-refractivity contribution is 0.112. The third kappa shape index (κ3) is 1.17. The predicted molar refractivity (Wildman–Crippen MR) is 72.8 cm³/mol. The van der Waals surface area contributed by atoms with Crippen LogP contribution >= 0.6 is 15.9 Å². The first-order chi connectivity index (χ1) is 7.31. The van der Waals surface area contributed by atoms with Crippen molar-refractivity contribution in [3.8, 4) is 0 Å². The molecule has 0 aromatic carbocycles. The molecule has 3 rings (SSSR count). The summed E-state index contributed by atoms with van der Waals surface area (Å²) < 4.78 is 0.409. The summed E-state index contributed by atoms with van der Waals surface area (Å²) >= 11 is 4.05. The molecule has 92 valence electrons. The molecular formula is C15H25Br. The van der Waals surface area contributed by atoms with Crippen molar-refractivity contribution in [1.82, 2.24) is 0 Å². The van der Waals surface area contributed by atoms with E-state index in [1.165, 1.54) is 32.1 Å². The van der Waals surface area contributed by atoms with Crippen molar-refractivity contribution in [3.05, 3.63) is 0 Å². The van der Waals surface area contributed by atoms with Gasteiger partial charge in [-0.25, -0.2) is 0 Å². The van der Waals surface area contributed by atoms with Crippen molar-refractivity contribution < 1.29 is 0 Å². The van der Waals surface area contributed by atoms with Crippen LogP contribution in [-0.2, 0) is 0 Å². The van der Waals surface area contributed by atoms with Crippen LogP contribution in [0.2, 0.25) is 0 Å². The smallest absolute Gasteiger partial charge is 0.0263 e. The lowest BCUT2D eigenvalue weighted by Gasteiger charge is -2.44. The number of hydrogen-bond acceptors (Lipinski definition) is 0. The molecule has 3 aliphatic carbocycles. The van der Waals surface area contributed by atoms with Crippen LogP contribution in [-0.4, -0.2) is 4.32 Å². The van der Waals surface area contributed by atoms with Gasteiger partial charge in [-0.05, 0) is 67.6 Å². The van der Waals surface area contributed by atoms with E-state index in [4.69, 9.17) is 0 Å². The molecule has 0 heterocycles. The minimum atomic E-state index is 0.409. The molecule has 5 atom stereocenters. The van der Waals surface area contributed by atoms with Gasteiger partial charge < -0.3 is 0 Å². The molecule has 1 heteroatoms. The summed E-state index contributed by atoms with van der Waals surface area (Å²) in [6.07, 6.45) is 7.34. The van der Waals surface area contributed by atoms with Crippen molar-refractivity contribution in [2.24, 2.45) is 28.6 Å². The Hall–Kier alpha value is 0.480. The van der Waals surface area contributed by atoms with Crippen molar-refractivity contribution in [1.29, 1.82) is 0 Å². The van der Waals surface area contributed by atoms with Crippen LogP contribution < -0.4 is 0 Å². The third-order valence-electron chi connectivity index (χ3n) is 6.75. The van der Waals surface area contributed by atoms with E-state index in [0.717, 1.165) is 23.2 Å². The van der Waals surface area contributed by atoms with Crippen LogP contribution in [0.1, 0.15) is 59.8 Å². The highest BCUT2D eigenvalue weighted by atomic mass is 79.9. The molecule has 3 fully saturated rings. The summed E-state index contributed by atoms with van der Waals surface area (Å²) in [6.45, 7) is 10.1. The van der Waals surface area contributed by atoms with Gasteiger partial charge in [0.1, 0.15) is 0 Å². The van der Waals surface area contributed by atoms with Crippen molar-refractivity contribution >= 4 is 15.9 Å². The van der Waals surface area contributed by atoms with Gasteiger partial charge in [0.15, 0.2) is 0 Å². The number of rotatable bonds is 0. The summed E-state index contributed by atoms with van der Waals surface area (Å²) in [7, 11) is 0. The quantitative estimate of drug-likeness (QED) is 0.549. The highest BCUT2D eigenvalue weighted by molar-refractivity contribution is 9.10. The van der Waals surface area contributed by atoms with E-state index >= 15 is 0 Å². The fraction of sp³-hybridized carbons (Fsp3) is 1.00. The van der Waals surface area contributed by atoms with E-state index < -0.39 is 0 Å². The molecule has 16 heavy (non-hydrogen) atoms. The molecule has 0 radical (unpaired) electrons. The summed E-state index contributed by atoms with van der Waals surface area (Å²) in [5.74, 6) is 2.87. The van der Waals surface area contributed by atoms with Crippen molar-refractivity contribution in [2.45, 2.75) is 64.1 Å². The largest absolute Gasteiger partial charge is 0.0853 e. The minimum absolute atomic E-state index is 0.409. The molecule has 0 nitrogen and oxygen atoms in total. The monoisotopic (exact) mass is 284 g/mol. The fourth-order valence-corrected chi connectivity index (χ4v) is 6.79. The van der Waals surface area contributed by atoms with Gasteiger partial charge in [0.2, 0.25) is 0 Å². The topological polar surface area (TPSA) is 0 Å². The molecule has 0 saturated heterocycles. The van der Waals surface area contributed by atoms with E-state index in [9.17, 15) is 0 Å². The van der Waals surface area contributed by atoms with Crippen LogP contribution in [0.5, 0.6) is 0 Å². The molecule has 3 saturated carbocycles. The lowest BCUT2D eigenvalue weighted by Crippen LogP contribution is -2.39. The highest BCUT2D eigenvalue weighted by Gasteiger charge is 2.67. The molecule has 3 aliphatic rings. The molecular weight excluding hydrogens is 260 g/mol. The second kappa shape index (κ2) is 3.08. The molecule has 0 aliphatic heterocycles. The van der Waals surface area contributed by atoms with Crippen LogP contribution in [0.15, 0.2) is 0 Å². The first kappa shape index (κ1) is 11.6. The Morgan fingerprint density at radius 3 is 2.38 bits per heavy atom. The molecule has 1 spiro atoms. The summed E-state index contributed by atoms with van der Waals surface area (Å²) in [5.41, 5.74) is 1.28. The van der Waals surface area contributed by atoms with E-state index in [-0.39, 0.29) is 0 Å². The van der Waals surface area contributed by atoms with Crippen molar-refractivity contribution in [3.63, 3.8) is 0 Å². The maximum atomic E-state index is 4.05. The van der Waals surface area contributed by atoms with Crippen LogP contribution in [0, 0.1) is 28.6 Å². The zero-order valence-corrected chi connectivity index (χ0v) is 12.7. The zero-order valence-electron chi connectivity index (χ0n) is 11.1. The van der Waals surface area contributed by atoms with Crippen LogP contribution in [0.25, 0.3) is 0 Å². The first-order valence-electron chi connectivity index (χ1n) is 7.00. The van der Waals surface area contributed by atoms with E-state index in [2.05, 4.69) is 43.6 Å². The van der Waals surface area contributed by atoms with Gasteiger partial charge in [-0.1, -0.05) is 36.7 Å². The van der Waals surface area contributed by atoms with Crippen molar-refractivity contribution in [2.75, 3.05) is 0 Å². The molecule has 0 N–H and O–H groups in total. The zero-order chi connectivity index (χ0) is 11.8. The molecule has 2 bridgehead atoms. The Bertz CT molecular complexity index is 313. The summed E-state index contributed by atoms with van der Waals surface area (Å²) in [5, 5.41) is 0. The van der Waals surface area contributed by atoms with E-state index in [1.807, 2.05) is 0 Å². The van der Waals surface area contributed by atoms with Crippen LogP contribution in [0.4, 0.5) is 0 Å². The Balaban J connectivity index is 2.07. The lowest BCUT2D eigenvalue weighted by atomic mass is 9.66. The average molecular weight is 285 g/mol. The number of hydrogen-bond donors (Lipinski definition) is 0. The minimum Gasteiger partial charge on any atom is -0.0853 e. The van der Waals surface area contributed by atoms with E-state index in [0.29, 0.717) is 9.74 Å². The standard InChI is InChI=1S/C15H25Br/c1-10-5-6-11-13(2,3)12-9-15(10,11)8-7-14(12,4)16/h10-12H,5-9H2,1-4H3/t10-,11+,12-,14-,15+/m1/s1. The summed E-state index contributed by atoms with van der Waals surface area (Å²) in [6, 6.07) is 0. The normalized spacial score (nSPS) is 58.7. The molecule has 0 aromatic rings. The highest BCUT2D eigenvalue weighted by Crippen LogP contribution is 2.74. The van der Waals surface area contributed by atoms with Gasteiger partial charge in [-0.2, -0.15) is 0 Å². The number of fused-ring (bicyclic) bond motifs is 1. The Kier molecular flexibility index (Phi) is 2.22. The van der Waals surface area contributed by atoms with Gasteiger partial charge >= 0.3 is 0 Å². The molecule has 0 aromatic heterocycles. The predicted octanol–water partition coefficient (Wildman–Crippen LogP) is 5.01. The fourth-order valence-electron chi connectivity index (χ4n) is 5.84. The second-order valence-electron chi connectivity index (χ2n) is 7.62. The SMILES string of the molecule is C[C@@H]1CC[C@H]2C(C)(C)[C@H]3C[C@@]12CC[C@@]3(C)Br. The van der Waals surface area contributed by atoms with Gasteiger partial charge in [-0.3, -0.25) is 0 Å². The van der Waals surface area contributed by atoms with Crippen LogP contribution in [0.3, 0.4) is 0 Å².